The Morgan fingerprint density at radius 2 is 2.00 bits per heavy atom. The molecule has 0 aliphatic heterocycles. The Balaban J connectivity index is 1.87. The molecule has 1 saturated carbocycles. The van der Waals surface area contributed by atoms with Crippen LogP contribution < -0.4 is 10.1 Å². The highest BCUT2D eigenvalue weighted by Crippen LogP contribution is 2.39. The van der Waals surface area contributed by atoms with Crippen LogP contribution in [-0.2, 0) is 0 Å². The largest absolute Gasteiger partial charge is 0.495 e. The van der Waals surface area contributed by atoms with Crippen LogP contribution in [0.3, 0.4) is 0 Å². The maximum Gasteiger partial charge on any atom is 0.135 e. The molecule has 20 heavy (non-hydrogen) atoms. The average molecular weight is 399 g/mol. The number of nitrogens with one attached hydrogen (secondary N) is 1. The van der Waals surface area contributed by atoms with Crippen molar-refractivity contribution in [2.45, 2.75) is 18.8 Å². The summed E-state index contributed by atoms with van der Waals surface area (Å²) in [6.07, 6.45) is 2.37. The fourth-order valence-corrected chi connectivity index (χ4v) is 2.72. The fraction of sp³-hybridized carbons (Fsp3) is 0.286. The molecule has 104 valence electrons. The van der Waals surface area contributed by atoms with Gasteiger partial charge in [0.2, 0.25) is 0 Å². The Morgan fingerprint density at radius 1 is 1.20 bits per heavy atom. The van der Waals surface area contributed by atoms with E-state index in [1.54, 1.807) is 7.11 Å². The number of benzene rings is 1. The first-order chi connectivity index (χ1) is 9.65. The van der Waals surface area contributed by atoms with Gasteiger partial charge in [0.25, 0.3) is 0 Å². The minimum Gasteiger partial charge on any atom is -0.495 e. The number of halogens is 2. The van der Waals surface area contributed by atoms with Crippen molar-refractivity contribution in [1.82, 2.24) is 9.97 Å². The number of nitrogens with zero attached hydrogens (tertiary/aromatic N) is 2. The predicted octanol–water partition coefficient (Wildman–Crippen LogP) is 4.63. The van der Waals surface area contributed by atoms with Crippen LogP contribution >= 0.6 is 31.9 Å². The van der Waals surface area contributed by atoms with Gasteiger partial charge in [-0.2, -0.15) is 0 Å². The van der Waals surface area contributed by atoms with E-state index in [0.717, 1.165) is 32.2 Å². The van der Waals surface area contributed by atoms with Crippen LogP contribution in [0.5, 0.6) is 5.75 Å². The number of ether oxygens (including phenoxy) is 1. The summed E-state index contributed by atoms with van der Waals surface area (Å²) in [5.74, 6) is 3.00. The molecule has 1 aliphatic carbocycles. The van der Waals surface area contributed by atoms with E-state index in [2.05, 4.69) is 47.1 Å². The van der Waals surface area contributed by atoms with E-state index < -0.39 is 0 Å². The molecular formula is C14H13Br2N3O. The van der Waals surface area contributed by atoms with Gasteiger partial charge in [0.1, 0.15) is 22.0 Å². The van der Waals surface area contributed by atoms with E-state index in [9.17, 15) is 0 Å². The first kappa shape index (κ1) is 13.8. The van der Waals surface area contributed by atoms with Crippen molar-refractivity contribution < 1.29 is 4.74 Å². The lowest BCUT2D eigenvalue weighted by molar-refractivity contribution is 0.412. The second kappa shape index (κ2) is 5.69. The zero-order valence-corrected chi connectivity index (χ0v) is 14.0. The van der Waals surface area contributed by atoms with E-state index in [1.807, 2.05) is 24.3 Å². The molecule has 6 heteroatoms. The maximum absolute atomic E-state index is 5.29. The molecule has 4 nitrogen and oxygen atoms in total. The first-order valence-corrected chi connectivity index (χ1v) is 7.89. The molecular weight excluding hydrogens is 386 g/mol. The third kappa shape index (κ3) is 3.12. The van der Waals surface area contributed by atoms with E-state index in [1.165, 1.54) is 12.8 Å². The highest BCUT2D eigenvalue weighted by atomic mass is 79.9. The van der Waals surface area contributed by atoms with Crippen LogP contribution in [0.2, 0.25) is 0 Å². The Kier molecular flexibility index (Phi) is 3.94. The Bertz CT molecular complexity index is 644. The predicted molar refractivity (Wildman–Crippen MR) is 85.7 cm³/mol. The third-order valence-electron chi connectivity index (χ3n) is 3.08. The van der Waals surface area contributed by atoms with Crippen molar-refractivity contribution in [2.75, 3.05) is 12.4 Å². The van der Waals surface area contributed by atoms with Crippen molar-refractivity contribution in [3.8, 4) is 5.75 Å². The Labute approximate surface area is 134 Å². The summed E-state index contributed by atoms with van der Waals surface area (Å²) in [7, 11) is 1.65. The van der Waals surface area contributed by atoms with Crippen LogP contribution in [0.15, 0.2) is 33.3 Å². The molecule has 1 heterocycles. The summed E-state index contributed by atoms with van der Waals surface area (Å²) >= 11 is 6.88. The first-order valence-electron chi connectivity index (χ1n) is 6.31. The second-order valence-electron chi connectivity index (χ2n) is 4.68. The average Bonchev–Trinajstić information content (AvgIpc) is 3.25. The van der Waals surface area contributed by atoms with Gasteiger partial charge in [-0.1, -0.05) is 0 Å². The number of rotatable bonds is 4. The van der Waals surface area contributed by atoms with E-state index in [-0.39, 0.29) is 0 Å². The molecule has 1 aliphatic rings. The van der Waals surface area contributed by atoms with Gasteiger partial charge in [0, 0.05) is 23.7 Å². The molecule has 1 aromatic heterocycles. The van der Waals surface area contributed by atoms with Gasteiger partial charge in [-0.3, -0.25) is 0 Å². The Hall–Kier alpha value is -1.14. The van der Waals surface area contributed by atoms with Crippen molar-refractivity contribution in [2.24, 2.45) is 0 Å². The number of methoxy groups -OCH3 is 1. The maximum atomic E-state index is 5.29. The molecule has 0 saturated heterocycles. The summed E-state index contributed by atoms with van der Waals surface area (Å²) < 4.78 is 7.02. The zero-order chi connectivity index (χ0) is 14.1. The van der Waals surface area contributed by atoms with Gasteiger partial charge in [0.15, 0.2) is 0 Å². The van der Waals surface area contributed by atoms with E-state index in [4.69, 9.17) is 4.74 Å². The Morgan fingerprint density at radius 3 is 2.70 bits per heavy atom. The molecule has 0 unspecified atom stereocenters. The van der Waals surface area contributed by atoms with Gasteiger partial charge < -0.3 is 10.1 Å². The lowest BCUT2D eigenvalue weighted by atomic mass is 10.3. The molecule has 1 fully saturated rings. The SMILES string of the molecule is COc1cc(Nc2cc(Br)nc(C3CC3)n2)ccc1Br. The van der Waals surface area contributed by atoms with Crippen LogP contribution in [0, 0.1) is 0 Å². The normalized spacial score (nSPS) is 14.2. The lowest BCUT2D eigenvalue weighted by Crippen LogP contribution is -2.00. The molecule has 1 N–H and O–H groups in total. The third-order valence-corrected chi connectivity index (χ3v) is 4.14. The zero-order valence-electron chi connectivity index (χ0n) is 10.9. The molecule has 1 aromatic carbocycles. The van der Waals surface area contributed by atoms with Crippen LogP contribution in [0.1, 0.15) is 24.6 Å². The fourth-order valence-electron chi connectivity index (χ4n) is 1.91. The lowest BCUT2D eigenvalue weighted by Gasteiger charge is -2.10. The molecule has 0 spiro atoms. The molecule has 0 radical (unpaired) electrons. The van der Waals surface area contributed by atoms with Crippen LogP contribution in [0.25, 0.3) is 0 Å². The van der Waals surface area contributed by atoms with E-state index in [0.29, 0.717) is 5.92 Å². The van der Waals surface area contributed by atoms with Gasteiger partial charge in [-0.25, -0.2) is 9.97 Å². The molecule has 0 atom stereocenters. The summed E-state index contributed by atoms with van der Waals surface area (Å²) in [4.78, 5) is 8.98. The summed E-state index contributed by atoms with van der Waals surface area (Å²) in [6, 6.07) is 7.72. The highest BCUT2D eigenvalue weighted by molar-refractivity contribution is 9.10. The highest BCUT2D eigenvalue weighted by Gasteiger charge is 2.27. The summed E-state index contributed by atoms with van der Waals surface area (Å²) in [6.45, 7) is 0. The van der Waals surface area contributed by atoms with E-state index >= 15 is 0 Å². The van der Waals surface area contributed by atoms with Crippen LogP contribution in [-0.4, -0.2) is 17.1 Å². The van der Waals surface area contributed by atoms with Gasteiger partial charge >= 0.3 is 0 Å². The van der Waals surface area contributed by atoms with Crippen molar-refractivity contribution in [3.05, 3.63) is 39.2 Å². The standard InChI is InChI=1S/C14H13Br2N3O/c1-20-11-6-9(4-5-10(11)15)17-13-7-12(16)18-14(19-13)8-2-3-8/h4-8H,2-3H2,1H3,(H,17,18,19). The van der Waals surface area contributed by atoms with Crippen molar-refractivity contribution >= 4 is 43.4 Å². The molecule has 2 aromatic rings. The van der Waals surface area contributed by atoms with Gasteiger partial charge in [-0.05, 0) is 56.8 Å². The van der Waals surface area contributed by atoms with Crippen molar-refractivity contribution in [1.29, 1.82) is 0 Å². The quantitative estimate of drug-likeness (QED) is 0.762. The summed E-state index contributed by atoms with van der Waals surface area (Å²) in [5.41, 5.74) is 0.928. The minimum absolute atomic E-state index is 0.521. The van der Waals surface area contributed by atoms with Gasteiger partial charge in [-0.15, -0.1) is 0 Å². The molecule has 0 bridgehead atoms. The number of anilines is 2. The minimum atomic E-state index is 0.521. The van der Waals surface area contributed by atoms with Gasteiger partial charge in [0.05, 0.1) is 11.6 Å². The number of hydrogen-bond donors (Lipinski definition) is 1. The van der Waals surface area contributed by atoms with Crippen molar-refractivity contribution in [3.63, 3.8) is 0 Å². The topological polar surface area (TPSA) is 47.0 Å². The molecule has 0 amide bonds. The van der Waals surface area contributed by atoms with Crippen LogP contribution in [0.4, 0.5) is 11.5 Å². The number of hydrogen-bond acceptors (Lipinski definition) is 4. The summed E-state index contributed by atoms with van der Waals surface area (Å²) in [5, 5.41) is 3.29. The monoisotopic (exact) mass is 397 g/mol. The molecule has 3 rings (SSSR count). The second-order valence-corrected chi connectivity index (χ2v) is 6.35. The number of aromatic nitrogens is 2. The smallest absolute Gasteiger partial charge is 0.135 e.